The molecule has 80 valence electrons. The smallest absolute Gasteiger partial charge is 0.0884 e. The van der Waals surface area contributed by atoms with Crippen molar-refractivity contribution < 1.29 is 0 Å². The highest BCUT2D eigenvalue weighted by molar-refractivity contribution is 9.11. The zero-order valence-corrected chi connectivity index (χ0v) is 10.4. The van der Waals surface area contributed by atoms with Crippen molar-refractivity contribution in [1.29, 1.82) is 5.26 Å². The third kappa shape index (κ3) is 1.41. The minimum atomic E-state index is 0.0161. The number of hydrogen-bond acceptors (Lipinski definition) is 2. The van der Waals surface area contributed by atoms with Crippen LogP contribution < -0.4 is 0 Å². The second kappa shape index (κ2) is 3.71. The molecule has 3 aliphatic rings. The molecule has 0 aromatic carbocycles. The van der Waals surface area contributed by atoms with Crippen LogP contribution in [0.4, 0.5) is 0 Å². The zero-order chi connectivity index (χ0) is 11.1. The third-order valence-electron chi connectivity index (χ3n) is 3.44. The fourth-order valence-electron chi connectivity index (χ4n) is 2.67. The normalized spacial score (nSPS) is 31.5. The lowest BCUT2D eigenvalue weighted by molar-refractivity contribution is 0.576. The van der Waals surface area contributed by atoms with Gasteiger partial charge < -0.3 is 0 Å². The van der Waals surface area contributed by atoms with E-state index in [9.17, 15) is 0 Å². The Morgan fingerprint density at radius 1 is 1.44 bits per heavy atom. The Bertz CT molecular complexity index is 503. The van der Waals surface area contributed by atoms with Gasteiger partial charge in [-0.2, -0.15) is 5.26 Å². The van der Waals surface area contributed by atoms with E-state index in [-0.39, 0.29) is 5.92 Å². The summed E-state index contributed by atoms with van der Waals surface area (Å²) in [5, 5.41) is 9.13. The van der Waals surface area contributed by atoms with Crippen molar-refractivity contribution >= 4 is 21.6 Å². The molecule has 0 fully saturated rings. The summed E-state index contributed by atoms with van der Waals surface area (Å²) in [5.74, 6) is 0.341. The average Bonchev–Trinajstić information content (AvgIpc) is 2.67. The lowest BCUT2D eigenvalue weighted by atomic mass is 9.82. The van der Waals surface area contributed by atoms with Crippen LogP contribution in [-0.2, 0) is 0 Å². The molecular weight excluding hydrogens is 264 g/mol. The molecule has 16 heavy (non-hydrogen) atoms. The SMILES string of the molecule is N#C[C@@H]1CCCC2=C1N=C1C=CC(Br)=C[C@H]12. The van der Waals surface area contributed by atoms with Gasteiger partial charge in [0.05, 0.1) is 23.4 Å². The Labute approximate surface area is 103 Å². The molecule has 3 rings (SSSR count). The Morgan fingerprint density at radius 2 is 2.31 bits per heavy atom. The second-order valence-corrected chi connectivity index (χ2v) is 5.30. The maximum Gasteiger partial charge on any atom is 0.0884 e. The molecule has 0 unspecified atom stereocenters. The van der Waals surface area contributed by atoms with Gasteiger partial charge in [0.15, 0.2) is 0 Å². The van der Waals surface area contributed by atoms with Gasteiger partial charge in [0.2, 0.25) is 0 Å². The first-order chi connectivity index (χ1) is 7.79. The molecule has 2 aliphatic carbocycles. The van der Waals surface area contributed by atoms with Crippen molar-refractivity contribution in [3.8, 4) is 6.07 Å². The van der Waals surface area contributed by atoms with E-state index in [0.717, 1.165) is 35.2 Å². The Kier molecular flexibility index (Phi) is 2.33. The molecule has 0 radical (unpaired) electrons. The number of nitrogens with zero attached hydrogens (tertiary/aromatic N) is 2. The molecule has 0 saturated carbocycles. The van der Waals surface area contributed by atoms with Crippen molar-refractivity contribution in [2.24, 2.45) is 16.8 Å². The largest absolute Gasteiger partial charge is 0.256 e. The lowest BCUT2D eigenvalue weighted by Gasteiger charge is -2.21. The number of aliphatic imine (C=N–C) groups is 1. The summed E-state index contributed by atoms with van der Waals surface area (Å²) in [5.41, 5.74) is 3.53. The van der Waals surface area contributed by atoms with Crippen molar-refractivity contribution in [3.05, 3.63) is 34.0 Å². The first kappa shape index (κ1) is 10.0. The van der Waals surface area contributed by atoms with E-state index in [2.05, 4.69) is 39.1 Å². The standard InChI is InChI=1S/C13H11BrN2/c14-9-4-5-12-11(6-9)10-3-1-2-8(7-15)13(10)16-12/h4-6,8,11H,1-3H2/t8-,11-/m0/s1. The van der Waals surface area contributed by atoms with E-state index in [1.165, 1.54) is 5.57 Å². The predicted octanol–water partition coefficient (Wildman–Crippen LogP) is 3.48. The first-order valence-electron chi connectivity index (χ1n) is 5.56. The van der Waals surface area contributed by atoms with E-state index in [1.807, 2.05) is 6.08 Å². The minimum Gasteiger partial charge on any atom is -0.256 e. The van der Waals surface area contributed by atoms with Crippen LogP contribution in [0.2, 0.25) is 0 Å². The van der Waals surface area contributed by atoms with E-state index >= 15 is 0 Å². The van der Waals surface area contributed by atoms with Gasteiger partial charge in [-0.3, -0.25) is 4.99 Å². The van der Waals surface area contributed by atoms with Gasteiger partial charge in [0, 0.05) is 10.4 Å². The van der Waals surface area contributed by atoms with Crippen molar-refractivity contribution in [3.63, 3.8) is 0 Å². The summed E-state index contributed by atoms with van der Waals surface area (Å²) in [4.78, 5) is 4.64. The van der Waals surface area contributed by atoms with Crippen LogP contribution in [0.25, 0.3) is 0 Å². The number of hydrogen-bond donors (Lipinski definition) is 0. The minimum absolute atomic E-state index is 0.0161. The molecule has 2 nitrogen and oxygen atoms in total. The van der Waals surface area contributed by atoms with Gasteiger partial charge in [-0.25, -0.2) is 0 Å². The van der Waals surface area contributed by atoms with Crippen LogP contribution >= 0.6 is 15.9 Å². The van der Waals surface area contributed by atoms with Crippen molar-refractivity contribution in [2.75, 3.05) is 0 Å². The Hall–Kier alpha value is -1.14. The van der Waals surface area contributed by atoms with Gasteiger partial charge >= 0.3 is 0 Å². The van der Waals surface area contributed by atoms with E-state index < -0.39 is 0 Å². The summed E-state index contributed by atoms with van der Waals surface area (Å²) in [6.45, 7) is 0. The van der Waals surface area contributed by atoms with Crippen LogP contribution in [0.3, 0.4) is 0 Å². The number of halogens is 1. The third-order valence-corrected chi connectivity index (χ3v) is 3.97. The van der Waals surface area contributed by atoms with Crippen molar-refractivity contribution in [1.82, 2.24) is 0 Å². The molecule has 0 bridgehead atoms. The van der Waals surface area contributed by atoms with Crippen LogP contribution in [0.15, 0.2) is 39.0 Å². The maximum absolute atomic E-state index is 9.13. The number of fused-ring (bicyclic) bond motifs is 2. The highest BCUT2D eigenvalue weighted by Gasteiger charge is 2.34. The molecule has 0 aromatic rings. The number of allylic oxidation sites excluding steroid dienone is 6. The highest BCUT2D eigenvalue weighted by atomic mass is 79.9. The predicted molar refractivity (Wildman–Crippen MR) is 67.1 cm³/mol. The van der Waals surface area contributed by atoms with Crippen LogP contribution in [-0.4, -0.2) is 5.71 Å². The van der Waals surface area contributed by atoms with Crippen molar-refractivity contribution in [2.45, 2.75) is 19.3 Å². The summed E-state index contributed by atoms with van der Waals surface area (Å²) >= 11 is 3.51. The molecule has 0 amide bonds. The molecule has 3 heteroatoms. The molecule has 0 aromatic heterocycles. The molecule has 2 atom stereocenters. The number of nitriles is 1. The van der Waals surface area contributed by atoms with E-state index in [0.29, 0.717) is 5.92 Å². The van der Waals surface area contributed by atoms with Gasteiger partial charge in [-0.05, 0) is 37.0 Å². The van der Waals surface area contributed by atoms with Gasteiger partial charge in [0.1, 0.15) is 0 Å². The summed E-state index contributed by atoms with van der Waals surface area (Å²) < 4.78 is 1.12. The van der Waals surface area contributed by atoms with Crippen LogP contribution in [0.1, 0.15) is 19.3 Å². The van der Waals surface area contributed by atoms with Gasteiger partial charge in [-0.1, -0.05) is 22.0 Å². The number of rotatable bonds is 0. The zero-order valence-electron chi connectivity index (χ0n) is 8.78. The van der Waals surface area contributed by atoms with Crippen LogP contribution in [0.5, 0.6) is 0 Å². The fraction of sp³-hybridized carbons (Fsp3) is 0.385. The maximum atomic E-state index is 9.13. The topological polar surface area (TPSA) is 36.1 Å². The summed E-state index contributed by atoms with van der Waals surface area (Å²) in [7, 11) is 0. The molecule has 0 spiro atoms. The highest BCUT2D eigenvalue weighted by Crippen LogP contribution is 2.42. The molecule has 0 saturated heterocycles. The molecular formula is C13H11BrN2. The molecule has 1 aliphatic heterocycles. The van der Waals surface area contributed by atoms with Gasteiger partial charge in [0.25, 0.3) is 0 Å². The Morgan fingerprint density at radius 3 is 3.12 bits per heavy atom. The summed E-state index contributed by atoms with van der Waals surface area (Å²) in [6, 6.07) is 2.37. The van der Waals surface area contributed by atoms with Gasteiger partial charge in [-0.15, -0.1) is 0 Å². The van der Waals surface area contributed by atoms with E-state index in [1.54, 1.807) is 0 Å². The monoisotopic (exact) mass is 274 g/mol. The molecule has 1 heterocycles. The lowest BCUT2D eigenvalue weighted by Crippen LogP contribution is -2.14. The second-order valence-electron chi connectivity index (χ2n) is 4.38. The van der Waals surface area contributed by atoms with E-state index in [4.69, 9.17) is 5.26 Å². The summed E-state index contributed by atoms with van der Waals surface area (Å²) in [6.07, 6.45) is 9.45. The first-order valence-corrected chi connectivity index (χ1v) is 6.35. The average molecular weight is 275 g/mol. The quantitative estimate of drug-likeness (QED) is 0.666. The van der Waals surface area contributed by atoms with Crippen LogP contribution in [0, 0.1) is 23.2 Å². The fourth-order valence-corrected chi connectivity index (χ4v) is 3.07. The molecule has 0 N–H and O–H groups in total. The Balaban J connectivity index is 2.06.